The van der Waals surface area contributed by atoms with Gasteiger partial charge in [0.2, 0.25) is 0 Å². The van der Waals surface area contributed by atoms with E-state index >= 15 is 0 Å². The van der Waals surface area contributed by atoms with E-state index in [1.54, 1.807) is 0 Å². The maximum atomic E-state index is 6.36. The van der Waals surface area contributed by atoms with Gasteiger partial charge in [-0.1, -0.05) is 37.6 Å². The smallest absolute Gasteiger partial charge is 0.0408 e. The van der Waals surface area contributed by atoms with E-state index < -0.39 is 0 Å². The Balaban J connectivity index is 1.94. The quantitative estimate of drug-likeness (QED) is 0.919. The van der Waals surface area contributed by atoms with Gasteiger partial charge in [0.15, 0.2) is 0 Å². The molecule has 4 unspecified atom stereocenters. The van der Waals surface area contributed by atoms with E-state index in [1.807, 2.05) is 41.7 Å². The van der Waals surface area contributed by atoms with Gasteiger partial charge in [-0.3, -0.25) is 0 Å². The standard InChI is InChI=1S/C14H20ClNS2/c1-9-10(2)18-14(8-17-9)13(16)7-11-4-3-5-12(15)6-11/h3-6,9-10,13-14H,7-8,16H2,1-2H3. The molecule has 0 amide bonds. The lowest BCUT2D eigenvalue weighted by Gasteiger charge is -2.34. The molecule has 0 saturated carbocycles. The van der Waals surface area contributed by atoms with Gasteiger partial charge in [0.25, 0.3) is 0 Å². The van der Waals surface area contributed by atoms with Crippen LogP contribution in [0.4, 0.5) is 0 Å². The van der Waals surface area contributed by atoms with Crippen LogP contribution >= 0.6 is 35.1 Å². The van der Waals surface area contributed by atoms with Crippen LogP contribution in [0.1, 0.15) is 19.4 Å². The molecule has 0 spiro atoms. The monoisotopic (exact) mass is 301 g/mol. The predicted octanol–water partition coefficient (Wildman–Crippen LogP) is 3.84. The Morgan fingerprint density at radius 1 is 1.39 bits per heavy atom. The third-order valence-electron chi connectivity index (χ3n) is 3.41. The van der Waals surface area contributed by atoms with Crippen LogP contribution < -0.4 is 5.73 Å². The summed E-state index contributed by atoms with van der Waals surface area (Å²) in [5.74, 6) is 1.16. The summed E-state index contributed by atoms with van der Waals surface area (Å²) in [6.45, 7) is 4.61. The fraction of sp³-hybridized carbons (Fsp3) is 0.571. The Morgan fingerprint density at radius 2 is 2.17 bits per heavy atom. The molecule has 1 aromatic carbocycles. The lowest BCUT2D eigenvalue weighted by atomic mass is 10.0. The van der Waals surface area contributed by atoms with E-state index in [-0.39, 0.29) is 6.04 Å². The summed E-state index contributed by atoms with van der Waals surface area (Å²) in [5, 5.41) is 2.79. The summed E-state index contributed by atoms with van der Waals surface area (Å²) in [7, 11) is 0. The van der Waals surface area contributed by atoms with E-state index in [2.05, 4.69) is 19.9 Å². The third-order valence-corrected chi connectivity index (χ3v) is 7.22. The summed E-state index contributed by atoms with van der Waals surface area (Å²) in [6.07, 6.45) is 0.917. The van der Waals surface area contributed by atoms with Crippen LogP contribution in [-0.4, -0.2) is 27.5 Å². The van der Waals surface area contributed by atoms with Crippen LogP contribution in [0.5, 0.6) is 0 Å². The minimum Gasteiger partial charge on any atom is -0.326 e. The molecule has 1 aliphatic heterocycles. The van der Waals surface area contributed by atoms with Crippen molar-refractivity contribution in [3.8, 4) is 0 Å². The van der Waals surface area contributed by atoms with Gasteiger partial charge in [0, 0.05) is 32.6 Å². The fourth-order valence-electron chi connectivity index (χ4n) is 2.10. The molecule has 0 bridgehead atoms. The van der Waals surface area contributed by atoms with Gasteiger partial charge in [-0.25, -0.2) is 0 Å². The normalized spacial score (nSPS) is 30.1. The molecule has 1 saturated heterocycles. The number of hydrogen-bond donors (Lipinski definition) is 1. The number of benzene rings is 1. The van der Waals surface area contributed by atoms with Crippen molar-refractivity contribution in [2.24, 2.45) is 5.73 Å². The van der Waals surface area contributed by atoms with Crippen molar-refractivity contribution in [3.63, 3.8) is 0 Å². The van der Waals surface area contributed by atoms with Crippen molar-refractivity contribution in [3.05, 3.63) is 34.9 Å². The zero-order valence-electron chi connectivity index (χ0n) is 10.8. The first-order valence-electron chi connectivity index (χ1n) is 6.33. The number of halogens is 1. The molecule has 1 aliphatic rings. The van der Waals surface area contributed by atoms with Crippen molar-refractivity contribution in [1.29, 1.82) is 0 Å². The molecular weight excluding hydrogens is 282 g/mol. The summed E-state index contributed by atoms with van der Waals surface area (Å²) in [5.41, 5.74) is 7.60. The summed E-state index contributed by atoms with van der Waals surface area (Å²) < 4.78 is 0. The Morgan fingerprint density at radius 3 is 2.83 bits per heavy atom. The van der Waals surface area contributed by atoms with Crippen LogP contribution in [0.25, 0.3) is 0 Å². The van der Waals surface area contributed by atoms with Gasteiger partial charge in [-0.2, -0.15) is 23.5 Å². The predicted molar refractivity (Wildman–Crippen MR) is 85.9 cm³/mol. The lowest BCUT2D eigenvalue weighted by Crippen LogP contribution is -2.41. The molecule has 0 radical (unpaired) electrons. The first-order valence-corrected chi connectivity index (χ1v) is 8.70. The molecule has 1 aromatic rings. The van der Waals surface area contributed by atoms with Gasteiger partial charge >= 0.3 is 0 Å². The maximum Gasteiger partial charge on any atom is 0.0408 e. The highest BCUT2D eigenvalue weighted by molar-refractivity contribution is 8.07. The molecule has 1 heterocycles. The highest BCUT2D eigenvalue weighted by Gasteiger charge is 2.29. The van der Waals surface area contributed by atoms with Crippen molar-refractivity contribution in [2.75, 3.05) is 5.75 Å². The minimum absolute atomic E-state index is 0.218. The number of hydrogen-bond acceptors (Lipinski definition) is 3. The summed E-state index contributed by atoms with van der Waals surface area (Å²) >= 11 is 10.1. The van der Waals surface area contributed by atoms with Crippen LogP contribution in [0.15, 0.2) is 24.3 Å². The van der Waals surface area contributed by atoms with E-state index in [9.17, 15) is 0 Å². The van der Waals surface area contributed by atoms with Gasteiger partial charge in [-0.15, -0.1) is 0 Å². The Kier molecular flexibility index (Phi) is 5.31. The second-order valence-electron chi connectivity index (χ2n) is 4.92. The van der Waals surface area contributed by atoms with Crippen LogP contribution in [-0.2, 0) is 6.42 Å². The van der Waals surface area contributed by atoms with Gasteiger partial charge < -0.3 is 5.73 Å². The average molecular weight is 302 g/mol. The number of rotatable bonds is 3. The van der Waals surface area contributed by atoms with E-state index in [4.69, 9.17) is 17.3 Å². The SMILES string of the molecule is CC1SCC(C(N)Cc2cccc(Cl)c2)SC1C. The Hall–Kier alpha value is 0.170. The van der Waals surface area contributed by atoms with Crippen LogP contribution in [0, 0.1) is 0 Å². The molecule has 100 valence electrons. The highest BCUT2D eigenvalue weighted by Crippen LogP contribution is 2.37. The first-order chi connectivity index (χ1) is 8.56. The van der Waals surface area contributed by atoms with E-state index in [1.165, 1.54) is 5.56 Å². The van der Waals surface area contributed by atoms with Crippen LogP contribution in [0.3, 0.4) is 0 Å². The van der Waals surface area contributed by atoms with Crippen molar-refractivity contribution in [1.82, 2.24) is 0 Å². The van der Waals surface area contributed by atoms with E-state index in [0.29, 0.717) is 10.5 Å². The molecule has 1 nitrogen and oxygen atoms in total. The molecule has 18 heavy (non-hydrogen) atoms. The van der Waals surface area contributed by atoms with Crippen LogP contribution in [0.2, 0.25) is 5.02 Å². The maximum absolute atomic E-state index is 6.36. The van der Waals surface area contributed by atoms with Gasteiger partial charge in [0.05, 0.1) is 0 Å². The molecule has 2 rings (SSSR count). The zero-order chi connectivity index (χ0) is 13.1. The minimum atomic E-state index is 0.218. The summed E-state index contributed by atoms with van der Waals surface area (Å²) in [4.78, 5) is 0. The Bertz CT molecular complexity index is 399. The largest absolute Gasteiger partial charge is 0.326 e. The molecule has 2 N–H and O–H groups in total. The fourth-order valence-corrected chi connectivity index (χ4v) is 5.37. The van der Waals surface area contributed by atoms with Crippen molar-refractivity contribution < 1.29 is 0 Å². The molecule has 0 aliphatic carbocycles. The number of thioether (sulfide) groups is 2. The van der Waals surface area contributed by atoms with Crippen molar-refractivity contribution in [2.45, 2.75) is 42.1 Å². The van der Waals surface area contributed by atoms with Gasteiger partial charge in [0.1, 0.15) is 0 Å². The van der Waals surface area contributed by atoms with Gasteiger partial charge in [-0.05, 0) is 24.1 Å². The zero-order valence-corrected chi connectivity index (χ0v) is 13.2. The second kappa shape index (κ2) is 6.56. The average Bonchev–Trinajstić information content (AvgIpc) is 2.32. The molecule has 0 aromatic heterocycles. The topological polar surface area (TPSA) is 26.0 Å². The third kappa shape index (κ3) is 3.83. The summed E-state index contributed by atoms with van der Waals surface area (Å²) in [6, 6.07) is 8.26. The number of nitrogens with two attached hydrogens (primary N) is 1. The molecule has 1 fully saturated rings. The van der Waals surface area contributed by atoms with E-state index in [0.717, 1.165) is 22.4 Å². The van der Waals surface area contributed by atoms with Crippen molar-refractivity contribution >= 4 is 35.1 Å². The Labute approximate surface area is 123 Å². The first kappa shape index (κ1) is 14.6. The molecule has 4 atom stereocenters. The molecule has 4 heteroatoms. The highest BCUT2D eigenvalue weighted by atomic mass is 35.5. The second-order valence-corrected chi connectivity index (χ2v) is 8.38. The molecular formula is C14H20ClNS2. The lowest BCUT2D eigenvalue weighted by molar-refractivity contribution is 0.657.